The third kappa shape index (κ3) is 2.75. The van der Waals surface area contributed by atoms with Crippen LogP contribution in [0.15, 0.2) is 54.7 Å². The topological polar surface area (TPSA) is 12.9 Å². The molecule has 3 heteroatoms. The SMILES string of the molecule is Cc1ccc(-c2ccc(-c3cc(F)c(C)c(F)c3)cn2)cc1. The highest BCUT2D eigenvalue weighted by atomic mass is 19.1. The molecule has 22 heavy (non-hydrogen) atoms. The third-order valence-corrected chi connectivity index (χ3v) is 3.73. The van der Waals surface area contributed by atoms with Crippen LogP contribution in [0.2, 0.25) is 0 Å². The fraction of sp³-hybridized carbons (Fsp3) is 0.105. The molecular weight excluding hydrogens is 280 g/mol. The van der Waals surface area contributed by atoms with Gasteiger partial charge in [-0.3, -0.25) is 4.98 Å². The molecule has 0 amide bonds. The zero-order valence-corrected chi connectivity index (χ0v) is 12.4. The van der Waals surface area contributed by atoms with Gasteiger partial charge in [-0.15, -0.1) is 0 Å². The molecule has 1 heterocycles. The van der Waals surface area contributed by atoms with Crippen molar-refractivity contribution in [3.8, 4) is 22.4 Å². The summed E-state index contributed by atoms with van der Waals surface area (Å²) in [6.45, 7) is 3.45. The maximum Gasteiger partial charge on any atom is 0.129 e. The summed E-state index contributed by atoms with van der Waals surface area (Å²) in [5.41, 5.74) is 4.24. The summed E-state index contributed by atoms with van der Waals surface area (Å²) in [6.07, 6.45) is 1.64. The van der Waals surface area contributed by atoms with E-state index in [4.69, 9.17) is 0 Å². The highest BCUT2D eigenvalue weighted by Crippen LogP contribution is 2.25. The minimum absolute atomic E-state index is 0.0352. The standard InChI is InChI=1S/C19H15F2N/c1-12-3-5-14(6-4-12)19-8-7-15(11-22-19)16-9-17(20)13(2)18(21)10-16/h3-11H,1-2H3. The van der Waals surface area contributed by atoms with E-state index < -0.39 is 11.6 Å². The van der Waals surface area contributed by atoms with Crippen LogP contribution in [-0.2, 0) is 0 Å². The summed E-state index contributed by atoms with van der Waals surface area (Å²) in [5, 5.41) is 0. The first-order valence-corrected chi connectivity index (χ1v) is 7.04. The summed E-state index contributed by atoms with van der Waals surface area (Å²) >= 11 is 0. The van der Waals surface area contributed by atoms with Crippen molar-refractivity contribution in [3.63, 3.8) is 0 Å². The van der Waals surface area contributed by atoms with E-state index in [9.17, 15) is 8.78 Å². The molecule has 0 spiro atoms. The molecule has 3 aromatic rings. The van der Waals surface area contributed by atoms with Crippen molar-refractivity contribution in [2.75, 3.05) is 0 Å². The molecule has 0 bridgehead atoms. The second kappa shape index (κ2) is 5.68. The highest BCUT2D eigenvalue weighted by molar-refractivity contribution is 5.67. The van der Waals surface area contributed by atoms with E-state index in [0.29, 0.717) is 11.1 Å². The van der Waals surface area contributed by atoms with Crippen molar-refractivity contribution in [2.24, 2.45) is 0 Å². The highest BCUT2D eigenvalue weighted by Gasteiger charge is 2.09. The van der Waals surface area contributed by atoms with Crippen LogP contribution in [0.4, 0.5) is 8.78 Å². The van der Waals surface area contributed by atoms with Crippen LogP contribution in [0.25, 0.3) is 22.4 Å². The fourth-order valence-corrected chi connectivity index (χ4v) is 2.27. The lowest BCUT2D eigenvalue weighted by atomic mass is 10.0. The van der Waals surface area contributed by atoms with Gasteiger partial charge in [0, 0.05) is 22.9 Å². The van der Waals surface area contributed by atoms with Crippen LogP contribution >= 0.6 is 0 Å². The maximum atomic E-state index is 13.6. The molecule has 0 aliphatic carbocycles. The average molecular weight is 295 g/mol. The minimum atomic E-state index is -0.544. The van der Waals surface area contributed by atoms with Crippen molar-refractivity contribution in [3.05, 3.63) is 77.5 Å². The van der Waals surface area contributed by atoms with Gasteiger partial charge in [0.05, 0.1) is 5.69 Å². The molecule has 0 aliphatic heterocycles. The van der Waals surface area contributed by atoms with Gasteiger partial charge in [0.25, 0.3) is 0 Å². The third-order valence-electron chi connectivity index (χ3n) is 3.73. The number of hydrogen-bond acceptors (Lipinski definition) is 1. The van der Waals surface area contributed by atoms with E-state index in [1.165, 1.54) is 24.6 Å². The Morgan fingerprint density at radius 3 is 1.86 bits per heavy atom. The lowest BCUT2D eigenvalue weighted by molar-refractivity contribution is 0.569. The quantitative estimate of drug-likeness (QED) is 0.624. The van der Waals surface area contributed by atoms with Gasteiger partial charge in [0.15, 0.2) is 0 Å². The Morgan fingerprint density at radius 2 is 1.32 bits per heavy atom. The van der Waals surface area contributed by atoms with Crippen molar-refractivity contribution in [1.29, 1.82) is 0 Å². The zero-order chi connectivity index (χ0) is 15.7. The first-order valence-electron chi connectivity index (χ1n) is 7.04. The van der Waals surface area contributed by atoms with Crippen LogP contribution < -0.4 is 0 Å². The van der Waals surface area contributed by atoms with E-state index in [1.54, 1.807) is 6.20 Å². The van der Waals surface area contributed by atoms with E-state index in [2.05, 4.69) is 4.98 Å². The summed E-state index contributed by atoms with van der Waals surface area (Å²) < 4.78 is 27.3. The van der Waals surface area contributed by atoms with Crippen molar-refractivity contribution >= 4 is 0 Å². The fourth-order valence-electron chi connectivity index (χ4n) is 2.27. The summed E-state index contributed by atoms with van der Waals surface area (Å²) in [4.78, 5) is 4.39. The number of aryl methyl sites for hydroxylation is 1. The van der Waals surface area contributed by atoms with Crippen molar-refractivity contribution in [1.82, 2.24) is 4.98 Å². The smallest absolute Gasteiger partial charge is 0.129 e. The summed E-state index contributed by atoms with van der Waals surface area (Å²) in [5.74, 6) is -1.09. The Morgan fingerprint density at radius 1 is 0.727 bits per heavy atom. The molecule has 0 unspecified atom stereocenters. The lowest BCUT2D eigenvalue weighted by Gasteiger charge is -2.07. The van der Waals surface area contributed by atoms with E-state index in [-0.39, 0.29) is 5.56 Å². The molecule has 0 fully saturated rings. The Labute approximate surface area is 128 Å². The molecule has 1 nitrogen and oxygen atoms in total. The Hall–Kier alpha value is -2.55. The number of halogens is 2. The lowest BCUT2D eigenvalue weighted by Crippen LogP contribution is -1.91. The number of rotatable bonds is 2. The predicted octanol–water partition coefficient (Wildman–Crippen LogP) is 5.31. The number of pyridine rings is 1. The van der Waals surface area contributed by atoms with Gasteiger partial charge in [-0.05, 0) is 37.6 Å². The normalized spacial score (nSPS) is 10.7. The molecule has 0 aliphatic rings. The number of hydrogen-bond donors (Lipinski definition) is 0. The van der Waals surface area contributed by atoms with Gasteiger partial charge in [-0.2, -0.15) is 0 Å². The molecule has 3 rings (SSSR count). The second-order valence-corrected chi connectivity index (χ2v) is 5.36. The largest absolute Gasteiger partial charge is 0.256 e. The molecular formula is C19H15F2N. The van der Waals surface area contributed by atoms with Crippen molar-refractivity contribution < 1.29 is 8.78 Å². The van der Waals surface area contributed by atoms with Crippen LogP contribution in [0, 0.1) is 25.5 Å². The van der Waals surface area contributed by atoms with E-state index in [0.717, 1.165) is 11.3 Å². The van der Waals surface area contributed by atoms with Gasteiger partial charge in [-0.25, -0.2) is 8.78 Å². The van der Waals surface area contributed by atoms with Gasteiger partial charge in [-0.1, -0.05) is 35.9 Å². The minimum Gasteiger partial charge on any atom is -0.256 e. The van der Waals surface area contributed by atoms with Crippen LogP contribution in [0.5, 0.6) is 0 Å². The molecule has 2 aromatic carbocycles. The Balaban J connectivity index is 1.96. The predicted molar refractivity (Wildman–Crippen MR) is 84.5 cm³/mol. The molecule has 1 aromatic heterocycles. The number of aromatic nitrogens is 1. The second-order valence-electron chi connectivity index (χ2n) is 5.36. The van der Waals surface area contributed by atoms with Gasteiger partial charge in [0.1, 0.15) is 11.6 Å². The molecule has 0 saturated heterocycles. The molecule has 0 N–H and O–H groups in total. The first-order chi connectivity index (χ1) is 10.5. The first kappa shape index (κ1) is 14.4. The van der Waals surface area contributed by atoms with Gasteiger partial charge in [0.2, 0.25) is 0 Å². The molecule has 0 radical (unpaired) electrons. The van der Waals surface area contributed by atoms with Crippen molar-refractivity contribution in [2.45, 2.75) is 13.8 Å². The average Bonchev–Trinajstić information content (AvgIpc) is 2.53. The zero-order valence-electron chi connectivity index (χ0n) is 12.4. The summed E-state index contributed by atoms with van der Waals surface area (Å²) in [7, 11) is 0. The monoisotopic (exact) mass is 295 g/mol. The van der Waals surface area contributed by atoms with Crippen LogP contribution in [0.3, 0.4) is 0 Å². The summed E-state index contributed by atoms with van der Waals surface area (Å²) in [6, 6.07) is 14.4. The Kier molecular flexibility index (Phi) is 3.72. The number of benzene rings is 2. The van der Waals surface area contributed by atoms with Crippen LogP contribution in [-0.4, -0.2) is 4.98 Å². The Bertz CT molecular complexity index is 783. The van der Waals surface area contributed by atoms with Gasteiger partial charge < -0.3 is 0 Å². The maximum absolute atomic E-state index is 13.6. The molecule has 0 atom stereocenters. The molecule has 0 saturated carbocycles. The number of nitrogens with zero attached hydrogens (tertiary/aromatic N) is 1. The van der Waals surface area contributed by atoms with Crippen LogP contribution in [0.1, 0.15) is 11.1 Å². The molecule has 110 valence electrons. The van der Waals surface area contributed by atoms with E-state index >= 15 is 0 Å². The van der Waals surface area contributed by atoms with E-state index in [1.807, 2.05) is 43.3 Å². The van der Waals surface area contributed by atoms with Gasteiger partial charge >= 0.3 is 0 Å².